The van der Waals surface area contributed by atoms with Gasteiger partial charge in [0.1, 0.15) is 11.6 Å². The fourth-order valence-corrected chi connectivity index (χ4v) is 2.56. The first kappa shape index (κ1) is 10.4. The molecule has 15 heavy (non-hydrogen) atoms. The minimum Gasteiger partial charge on any atom is -0.285 e. The maximum atomic E-state index is 12.6. The number of rotatable bonds is 2. The van der Waals surface area contributed by atoms with Crippen molar-refractivity contribution in [2.24, 2.45) is 0 Å². The van der Waals surface area contributed by atoms with E-state index in [4.69, 9.17) is 0 Å². The number of aromatic nitrogens is 2. The summed E-state index contributed by atoms with van der Waals surface area (Å²) < 4.78 is 37.6. The molecule has 1 aliphatic heterocycles. The summed E-state index contributed by atoms with van der Waals surface area (Å²) >= 11 is 0.963. The molecule has 6 nitrogen and oxygen atoms in total. The Bertz CT molecular complexity index is 472. The van der Waals surface area contributed by atoms with Gasteiger partial charge in [0.05, 0.1) is 0 Å². The molecule has 0 radical (unpaired) electrons. The lowest BCUT2D eigenvalue weighted by Crippen LogP contribution is -2.26. The van der Waals surface area contributed by atoms with Crippen LogP contribution >= 0.6 is 11.5 Å². The van der Waals surface area contributed by atoms with Crippen molar-refractivity contribution >= 4 is 32.8 Å². The Hall–Kier alpha value is -1.09. The summed E-state index contributed by atoms with van der Waals surface area (Å²) in [7, 11) is -4.67. The van der Waals surface area contributed by atoms with Crippen LogP contribution in [-0.4, -0.2) is 35.5 Å². The molecule has 0 bridgehead atoms. The second kappa shape index (κ2) is 3.49. The average Bonchev–Trinajstić information content (AvgIpc) is 2.69. The zero-order valence-corrected chi connectivity index (χ0v) is 8.96. The van der Waals surface area contributed by atoms with Crippen molar-refractivity contribution in [3.63, 3.8) is 0 Å². The lowest BCUT2D eigenvalue weighted by atomic mass is 10.4. The van der Waals surface area contributed by atoms with Gasteiger partial charge in [-0.2, -0.15) is 12.8 Å². The molecule has 0 aromatic carbocycles. The fourth-order valence-electron chi connectivity index (χ4n) is 1.33. The summed E-state index contributed by atoms with van der Waals surface area (Å²) in [4.78, 5) is 16.3. The lowest BCUT2D eigenvalue weighted by Gasteiger charge is -2.10. The zero-order valence-electron chi connectivity index (χ0n) is 7.33. The lowest BCUT2D eigenvalue weighted by molar-refractivity contribution is -0.117. The van der Waals surface area contributed by atoms with Gasteiger partial charge in [-0.15, -0.1) is 3.89 Å². The maximum Gasteiger partial charge on any atom is 0.307 e. The Balaban J connectivity index is 2.23. The Morgan fingerprint density at radius 3 is 2.80 bits per heavy atom. The highest BCUT2D eigenvalue weighted by Gasteiger charge is 2.40. The largest absolute Gasteiger partial charge is 0.307 e. The second-order valence-electron chi connectivity index (χ2n) is 3.03. The Labute approximate surface area is 89.1 Å². The quantitative estimate of drug-likeness (QED) is 0.688. The van der Waals surface area contributed by atoms with Crippen LogP contribution in [0.1, 0.15) is 6.42 Å². The van der Waals surface area contributed by atoms with Crippen LogP contribution in [0.4, 0.5) is 9.02 Å². The van der Waals surface area contributed by atoms with Crippen LogP contribution in [0, 0.1) is 0 Å². The Morgan fingerprint density at radius 1 is 1.60 bits per heavy atom. The number of amides is 1. The molecule has 1 amide bonds. The van der Waals surface area contributed by atoms with E-state index in [9.17, 15) is 17.1 Å². The van der Waals surface area contributed by atoms with E-state index in [0.717, 1.165) is 16.4 Å². The third-order valence-corrected chi connectivity index (χ3v) is 3.87. The first-order valence-electron chi connectivity index (χ1n) is 3.99. The Kier molecular flexibility index (Phi) is 2.43. The van der Waals surface area contributed by atoms with Crippen LogP contribution in [0.25, 0.3) is 0 Å². The third-order valence-electron chi connectivity index (χ3n) is 2.07. The maximum absolute atomic E-state index is 12.6. The van der Waals surface area contributed by atoms with Crippen LogP contribution in [0.15, 0.2) is 6.33 Å². The molecule has 2 rings (SSSR count). The minimum atomic E-state index is -4.67. The molecule has 0 saturated carbocycles. The van der Waals surface area contributed by atoms with Crippen LogP contribution in [0.5, 0.6) is 0 Å². The summed E-state index contributed by atoms with van der Waals surface area (Å²) in [6.45, 7) is -0.188. The number of halogens is 1. The number of hydrogen-bond donors (Lipinski definition) is 0. The monoisotopic (exact) mass is 251 g/mol. The molecule has 0 aliphatic carbocycles. The molecule has 2 heterocycles. The van der Waals surface area contributed by atoms with Gasteiger partial charge in [0.2, 0.25) is 11.0 Å². The highest BCUT2D eigenvalue weighted by molar-refractivity contribution is 7.87. The summed E-state index contributed by atoms with van der Waals surface area (Å²) in [5, 5.41) is -0.986. The van der Waals surface area contributed by atoms with Crippen molar-refractivity contribution in [3.05, 3.63) is 6.33 Å². The molecular weight excluding hydrogens is 245 g/mol. The van der Waals surface area contributed by atoms with E-state index >= 15 is 0 Å². The molecule has 1 unspecified atom stereocenters. The van der Waals surface area contributed by atoms with E-state index in [1.807, 2.05) is 0 Å². The van der Waals surface area contributed by atoms with Crippen molar-refractivity contribution in [1.82, 2.24) is 9.36 Å². The van der Waals surface area contributed by atoms with Crippen molar-refractivity contribution in [2.45, 2.75) is 11.7 Å². The molecule has 0 spiro atoms. The summed E-state index contributed by atoms with van der Waals surface area (Å²) in [5.74, 6) is -0.446. The Morgan fingerprint density at radius 2 is 2.33 bits per heavy atom. The van der Waals surface area contributed by atoms with Gasteiger partial charge in [0.25, 0.3) is 0 Å². The number of carbonyl (C=O) groups excluding carboxylic acids is 1. The number of hydrogen-bond acceptors (Lipinski definition) is 6. The van der Waals surface area contributed by atoms with E-state index < -0.39 is 21.4 Å². The third kappa shape index (κ3) is 1.97. The standard InChI is InChI=1S/C6H6FN3O3S2/c7-15(12,13)4-1-5(11)10(2-4)6-8-3-9-14-6/h3-4H,1-2H2. The topological polar surface area (TPSA) is 80.2 Å². The average molecular weight is 251 g/mol. The molecule has 82 valence electrons. The van der Waals surface area contributed by atoms with Crippen LogP contribution in [0.3, 0.4) is 0 Å². The summed E-state index contributed by atoms with van der Waals surface area (Å²) in [6, 6.07) is 0. The summed E-state index contributed by atoms with van der Waals surface area (Å²) in [6.07, 6.45) is 0.920. The van der Waals surface area contributed by atoms with E-state index in [1.54, 1.807) is 0 Å². The molecule has 1 aromatic rings. The van der Waals surface area contributed by atoms with Crippen LogP contribution in [-0.2, 0) is 15.0 Å². The van der Waals surface area contributed by atoms with Crippen molar-refractivity contribution in [2.75, 3.05) is 11.4 Å². The molecule has 1 aliphatic rings. The van der Waals surface area contributed by atoms with E-state index in [-0.39, 0.29) is 13.0 Å². The zero-order chi connectivity index (χ0) is 11.1. The van der Waals surface area contributed by atoms with Crippen molar-refractivity contribution < 1.29 is 17.1 Å². The first-order valence-corrected chi connectivity index (χ1v) is 6.21. The normalized spacial score (nSPS) is 22.3. The van der Waals surface area contributed by atoms with Crippen LogP contribution in [0.2, 0.25) is 0 Å². The highest BCUT2D eigenvalue weighted by Crippen LogP contribution is 2.25. The molecule has 1 aromatic heterocycles. The molecule has 1 fully saturated rings. The molecule has 9 heteroatoms. The predicted molar refractivity (Wildman–Crippen MR) is 50.7 cm³/mol. The smallest absolute Gasteiger partial charge is 0.285 e. The van der Waals surface area contributed by atoms with Gasteiger partial charge >= 0.3 is 10.2 Å². The van der Waals surface area contributed by atoms with Crippen molar-refractivity contribution in [1.29, 1.82) is 0 Å². The van der Waals surface area contributed by atoms with Crippen molar-refractivity contribution in [3.8, 4) is 0 Å². The van der Waals surface area contributed by atoms with Gasteiger partial charge < -0.3 is 0 Å². The van der Waals surface area contributed by atoms with Gasteiger partial charge in [-0.05, 0) is 0 Å². The highest BCUT2D eigenvalue weighted by atomic mass is 32.3. The molecule has 1 saturated heterocycles. The first-order chi connectivity index (χ1) is 6.98. The minimum absolute atomic E-state index is 0.188. The number of nitrogens with zero attached hydrogens (tertiary/aromatic N) is 3. The molecule has 0 N–H and O–H groups in total. The number of carbonyl (C=O) groups is 1. The van der Waals surface area contributed by atoms with Gasteiger partial charge in [-0.3, -0.25) is 9.69 Å². The fraction of sp³-hybridized carbons (Fsp3) is 0.500. The van der Waals surface area contributed by atoms with E-state index in [0.29, 0.717) is 5.13 Å². The molecule has 1 atom stereocenters. The van der Waals surface area contributed by atoms with Crippen LogP contribution < -0.4 is 4.90 Å². The predicted octanol–water partition coefficient (Wildman–Crippen LogP) is -0.0573. The second-order valence-corrected chi connectivity index (χ2v) is 5.41. The van der Waals surface area contributed by atoms with E-state index in [1.165, 1.54) is 6.33 Å². The van der Waals surface area contributed by atoms with Gasteiger partial charge in [0, 0.05) is 24.5 Å². The number of anilines is 1. The van der Waals surface area contributed by atoms with Gasteiger partial charge in [-0.1, -0.05) is 0 Å². The molecular formula is C6H6FN3O3S2. The SMILES string of the molecule is O=C1CC(S(=O)(=O)F)CN1c1ncns1. The van der Waals surface area contributed by atoms with E-state index in [2.05, 4.69) is 9.36 Å². The van der Waals surface area contributed by atoms with Gasteiger partial charge in [-0.25, -0.2) is 4.98 Å². The van der Waals surface area contributed by atoms with Gasteiger partial charge in [0.15, 0.2) is 0 Å². The summed E-state index contributed by atoms with van der Waals surface area (Å²) in [5.41, 5.74) is 0.